The van der Waals surface area contributed by atoms with Gasteiger partial charge in [-0.25, -0.2) is 0 Å². The minimum Gasteiger partial charge on any atom is -0.455 e. The first-order valence-electron chi connectivity index (χ1n) is 30.5. The third-order valence-electron chi connectivity index (χ3n) is 18.3. The molecule has 0 aliphatic rings. The van der Waals surface area contributed by atoms with Gasteiger partial charge in [0.1, 0.15) is 22.3 Å². The third-order valence-corrected chi connectivity index (χ3v) is 18.3. The van der Waals surface area contributed by atoms with Crippen molar-refractivity contribution in [2.45, 2.75) is 0 Å². The Kier molecular flexibility index (Phi) is 11.6. The van der Waals surface area contributed by atoms with Crippen molar-refractivity contribution < 1.29 is 8.83 Å². The van der Waals surface area contributed by atoms with Crippen molar-refractivity contribution in [3.63, 3.8) is 0 Å². The zero-order valence-corrected chi connectivity index (χ0v) is 48.4. The second kappa shape index (κ2) is 20.4. The van der Waals surface area contributed by atoms with E-state index < -0.39 is 0 Å². The number of fused-ring (bicyclic) bond motifs is 12. The lowest BCUT2D eigenvalue weighted by Gasteiger charge is -2.15. The van der Waals surface area contributed by atoms with E-state index in [2.05, 4.69) is 326 Å². The van der Waals surface area contributed by atoms with Crippen LogP contribution in [0.4, 0.5) is 0 Å². The molecule has 0 aliphatic heterocycles. The van der Waals surface area contributed by atoms with Crippen molar-refractivity contribution in [2.24, 2.45) is 0 Å². The number of rotatable bonds is 9. The molecule has 0 saturated carbocycles. The lowest BCUT2D eigenvalue weighted by molar-refractivity contribution is 0.671. The molecule has 0 bridgehead atoms. The Hall–Kier alpha value is -11.8. The van der Waals surface area contributed by atoms with Gasteiger partial charge in [-0.2, -0.15) is 0 Å². The fourth-order valence-electron chi connectivity index (χ4n) is 14.1. The second-order valence-corrected chi connectivity index (χ2v) is 23.5. The van der Waals surface area contributed by atoms with Crippen LogP contribution in [0.15, 0.2) is 330 Å². The van der Waals surface area contributed by atoms with Crippen LogP contribution in [0.3, 0.4) is 0 Å². The molecule has 0 atom stereocenters. The largest absolute Gasteiger partial charge is 0.455 e. The number of nitrogens with zero attached hydrogens (tertiary/aromatic N) is 1. The third kappa shape index (κ3) is 8.35. The van der Waals surface area contributed by atoms with Crippen molar-refractivity contribution in [3.8, 4) is 94.7 Å². The van der Waals surface area contributed by atoms with Gasteiger partial charge in [0.25, 0.3) is 0 Å². The predicted octanol–water partition coefficient (Wildman–Crippen LogP) is 24.2. The topological polar surface area (TPSA) is 31.2 Å². The van der Waals surface area contributed by atoms with E-state index in [9.17, 15) is 0 Å². The van der Waals surface area contributed by atoms with Crippen LogP contribution in [0.1, 0.15) is 0 Å². The number of furan rings is 2. The van der Waals surface area contributed by atoms with Gasteiger partial charge in [-0.15, -0.1) is 0 Å². The summed E-state index contributed by atoms with van der Waals surface area (Å²) in [5, 5.41) is 11.4. The first-order valence-corrected chi connectivity index (χ1v) is 30.5. The summed E-state index contributed by atoms with van der Waals surface area (Å²) in [5.41, 5.74) is 24.3. The van der Waals surface area contributed by atoms with Crippen LogP contribution in [0, 0.1) is 0 Å². The first kappa shape index (κ1) is 50.5. The van der Waals surface area contributed by atoms with Crippen molar-refractivity contribution in [3.05, 3.63) is 322 Å². The minimum atomic E-state index is 0.849. The molecule has 0 amide bonds. The number of benzene rings is 15. The maximum absolute atomic E-state index is 7.41. The summed E-state index contributed by atoms with van der Waals surface area (Å²) in [7, 11) is 0. The molecule has 3 heterocycles. The lowest BCUT2D eigenvalue weighted by atomic mass is 9.92. The summed E-state index contributed by atoms with van der Waals surface area (Å²) < 4.78 is 17.3. The highest BCUT2D eigenvalue weighted by Gasteiger charge is 2.25. The van der Waals surface area contributed by atoms with Crippen LogP contribution in [0.25, 0.3) is 182 Å². The van der Waals surface area contributed by atoms with E-state index in [1.54, 1.807) is 0 Å². The Labute approximate surface area is 513 Å². The van der Waals surface area contributed by atoms with Crippen molar-refractivity contribution in [1.29, 1.82) is 0 Å². The van der Waals surface area contributed by atoms with Crippen LogP contribution < -0.4 is 0 Å². The molecule has 0 spiro atoms. The van der Waals surface area contributed by atoms with Gasteiger partial charge in [-0.05, 0) is 150 Å². The highest BCUT2D eigenvalue weighted by atomic mass is 16.3. The molecular formula is C86H53NO2. The minimum absolute atomic E-state index is 0.849. The predicted molar refractivity (Wildman–Crippen MR) is 374 cm³/mol. The Morgan fingerprint density at radius 2 is 0.483 bits per heavy atom. The standard InChI is InChI=1S/C86H53NO2/c1-7-23-54(24-8-1)63-43-72(58-31-15-5-16-32-58)83-76(47-63)78-49-65(56-27-11-3-12-28-56)45-74(85(78)88-83)61-39-41-70-71-42-40-62(53-82(71)87(81(70)52-61)80-51-60-35-19-20-36-67(60)68-37-21-22-38-69(68)80)75-46-66(57-29-13-4-14-30-57)50-79-77-48-64(55-25-9-2-10-26-55)44-73(84(77)89-86(75)79)59-33-17-6-18-34-59/h1-53H. The second-order valence-electron chi connectivity index (χ2n) is 23.5. The molecule has 18 aromatic rings. The van der Waals surface area contributed by atoms with Gasteiger partial charge >= 0.3 is 0 Å². The normalized spacial score (nSPS) is 11.8. The molecule has 0 saturated heterocycles. The fourth-order valence-corrected chi connectivity index (χ4v) is 14.1. The first-order chi connectivity index (χ1) is 44.1. The number of hydrogen-bond donors (Lipinski definition) is 0. The van der Waals surface area contributed by atoms with E-state index in [1.807, 2.05) is 0 Å². The average Bonchev–Trinajstić information content (AvgIpc) is 1.70. The molecular weight excluding hydrogens is 1080 g/mol. The maximum Gasteiger partial charge on any atom is 0.143 e. The van der Waals surface area contributed by atoms with E-state index in [1.165, 1.54) is 21.5 Å². The van der Waals surface area contributed by atoms with Gasteiger partial charge in [-0.1, -0.05) is 255 Å². The highest BCUT2D eigenvalue weighted by Crippen LogP contribution is 2.49. The van der Waals surface area contributed by atoms with E-state index in [0.717, 1.165) is 160 Å². The van der Waals surface area contributed by atoms with Crippen molar-refractivity contribution in [1.82, 2.24) is 4.57 Å². The van der Waals surface area contributed by atoms with Crippen LogP contribution in [0.2, 0.25) is 0 Å². The molecule has 0 aliphatic carbocycles. The van der Waals surface area contributed by atoms with E-state index in [0.29, 0.717) is 0 Å². The zero-order valence-electron chi connectivity index (χ0n) is 48.4. The van der Waals surface area contributed by atoms with Crippen molar-refractivity contribution in [2.75, 3.05) is 0 Å². The van der Waals surface area contributed by atoms with E-state index >= 15 is 0 Å². The van der Waals surface area contributed by atoms with Crippen LogP contribution in [0.5, 0.6) is 0 Å². The molecule has 15 aromatic carbocycles. The zero-order chi connectivity index (χ0) is 58.5. The summed E-state index contributed by atoms with van der Waals surface area (Å²) in [6, 6.07) is 117. The summed E-state index contributed by atoms with van der Waals surface area (Å²) in [6.07, 6.45) is 0. The van der Waals surface area contributed by atoms with E-state index in [-0.39, 0.29) is 0 Å². The highest BCUT2D eigenvalue weighted by molar-refractivity contribution is 6.20. The molecule has 3 heteroatoms. The summed E-state index contributed by atoms with van der Waals surface area (Å²) >= 11 is 0. The van der Waals surface area contributed by atoms with Crippen LogP contribution in [-0.4, -0.2) is 4.57 Å². The fraction of sp³-hybridized carbons (Fsp3) is 0. The molecule has 89 heavy (non-hydrogen) atoms. The van der Waals surface area contributed by atoms with Gasteiger partial charge in [0.15, 0.2) is 0 Å². The molecule has 0 fully saturated rings. The van der Waals surface area contributed by atoms with Gasteiger partial charge in [0, 0.05) is 60.0 Å². The molecule has 3 nitrogen and oxygen atoms in total. The Balaban J connectivity index is 0.926. The molecule has 18 rings (SSSR count). The average molecular weight is 1130 g/mol. The Bertz CT molecular complexity index is 5500. The number of aromatic nitrogens is 1. The maximum atomic E-state index is 7.41. The quantitative estimate of drug-likeness (QED) is 0.135. The van der Waals surface area contributed by atoms with Gasteiger partial charge in [-0.3, -0.25) is 0 Å². The number of hydrogen-bond acceptors (Lipinski definition) is 2. The smallest absolute Gasteiger partial charge is 0.143 e. The summed E-state index contributed by atoms with van der Waals surface area (Å²) in [6.45, 7) is 0. The van der Waals surface area contributed by atoms with E-state index in [4.69, 9.17) is 8.83 Å². The van der Waals surface area contributed by atoms with Crippen LogP contribution in [-0.2, 0) is 0 Å². The Morgan fingerprint density at radius 1 is 0.180 bits per heavy atom. The SMILES string of the molecule is c1ccc(-c2cc(-c3ccccc3)c3oc4c(-c5ccc6c7ccc(-c8cc(-c9ccccc9)cc9c8oc8c(-c%10ccccc%10)cc(-c%10ccccc%10)cc89)cc7n(-c7cc8ccccc8c8ccccc78)c6c5)cc(-c5ccccc5)cc4c3c2)cc1. The molecule has 0 N–H and O–H groups in total. The summed E-state index contributed by atoms with van der Waals surface area (Å²) in [4.78, 5) is 0. The van der Waals surface area contributed by atoms with Crippen molar-refractivity contribution >= 4 is 87.2 Å². The van der Waals surface area contributed by atoms with Gasteiger partial charge in [0.05, 0.1) is 16.7 Å². The molecule has 0 radical (unpaired) electrons. The lowest BCUT2D eigenvalue weighted by Crippen LogP contribution is -1.97. The Morgan fingerprint density at radius 3 is 0.854 bits per heavy atom. The van der Waals surface area contributed by atoms with Gasteiger partial charge < -0.3 is 13.4 Å². The summed E-state index contributed by atoms with van der Waals surface area (Å²) in [5.74, 6) is 0. The molecule has 414 valence electrons. The molecule has 0 unspecified atom stereocenters. The monoisotopic (exact) mass is 1130 g/mol. The van der Waals surface area contributed by atoms with Crippen LogP contribution >= 0.6 is 0 Å². The molecule has 3 aromatic heterocycles. The van der Waals surface area contributed by atoms with Gasteiger partial charge in [0.2, 0.25) is 0 Å².